The number of rotatable bonds is 4. The molecule has 3 aromatic heterocycles. The second-order valence-electron chi connectivity index (χ2n) is 6.53. The fraction of sp³-hybridized carbons (Fsp3) is 0.471. The maximum Gasteiger partial charge on any atom is 0.197 e. The molecule has 2 aliphatic rings. The number of anilines is 1. The predicted molar refractivity (Wildman–Crippen MR) is 93.4 cm³/mol. The van der Waals surface area contributed by atoms with Gasteiger partial charge in [-0.25, -0.2) is 15.0 Å². The summed E-state index contributed by atoms with van der Waals surface area (Å²) in [6, 6.07) is 2.06. The number of fused-ring (bicyclic) bond motifs is 1. The molecule has 0 spiro atoms. The summed E-state index contributed by atoms with van der Waals surface area (Å²) in [7, 11) is 0. The van der Waals surface area contributed by atoms with Crippen LogP contribution in [0.5, 0.6) is 0 Å². The first-order valence-electron chi connectivity index (χ1n) is 8.47. The molecule has 0 atom stereocenters. The van der Waals surface area contributed by atoms with Gasteiger partial charge < -0.3 is 9.32 Å². The molecule has 7 heteroatoms. The number of hydrogen-bond acceptors (Lipinski definition) is 7. The lowest BCUT2D eigenvalue weighted by atomic mass is 10.3. The van der Waals surface area contributed by atoms with Crippen LogP contribution in [0.1, 0.15) is 30.4 Å². The SMILES string of the molecule is c1nc(N2CCN(Cc3cnc(C4CC4)o3)CC2)c2sccc2n1. The molecule has 1 aliphatic heterocycles. The Labute approximate surface area is 144 Å². The first-order chi connectivity index (χ1) is 11.9. The lowest BCUT2D eigenvalue weighted by molar-refractivity contribution is 0.228. The van der Waals surface area contributed by atoms with Gasteiger partial charge in [0, 0.05) is 32.1 Å². The van der Waals surface area contributed by atoms with Crippen LogP contribution < -0.4 is 4.90 Å². The molecular formula is C17H19N5OS. The summed E-state index contributed by atoms with van der Waals surface area (Å²) in [5, 5.41) is 2.08. The van der Waals surface area contributed by atoms with Crippen molar-refractivity contribution in [3.05, 3.63) is 35.6 Å². The van der Waals surface area contributed by atoms with Crippen LogP contribution in [0, 0.1) is 0 Å². The molecule has 6 nitrogen and oxygen atoms in total. The van der Waals surface area contributed by atoms with Crippen molar-refractivity contribution >= 4 is 27.4 Å². The number of hydrogen-bond donors (Lipinski definition) is 0. The third kappa shape index (κ3) is 2.67. The normalized spacial score (nSPS) is 19.2. The summed E-state index contributed by atoms with van der Waals surface area (Å²) in [4.78, 5) is 18.1. The van der Waals surface area contributed by atoms with Crippen LogP contribution in [-0.2, 0) is 6.54 Å². The largest absolute Gasteiger partial charge is 0.444 e. The minimum atomic E-state index is 0.585. The second-order valence-corrected chi connectivity index (χ2v) is 7.45. The molecule has 0 radical (unpaired) electrons. The Morgan fingerprint density at radius 1 is 1.12 bits per heavy atom. The maximum absolute atomic E-state index is 5.88. The summed E-state index contributed by atoms with van der Waals surface area (Å²) in [5.41, 5.74) is 1.04. The third-order valence-electron chi connectivity index (χ3n) is 4.77. The molecule has 0 amide bonds. The van der Waals surface area contributed by atoms with Gasteiger partial charge in [-0.3, -0.25) is 4.90 Å². The van der Waals surface area contributed by atoms with Gasteiger partial charge in [0.15, 0.2) is 5.89 Å². The molecule has 0 unspecified atom stereocenters. The summed E-state index contributed by atoms with van der Waals surface area (Å²) in [5.74, 6) is 3.59. The Hall–Kier alpha value is -1.99. The smallest absolute Gasteiger partial charge is 0.197 e. The average Bonchev–Trinajstić information content (AvgIpc) is 3.17. The average molecular weight is 341 g/mol. The highest BCUT2D eigenvalue weighted by molar-refractivity contribution is 7.17. The van der Waals surface area contributed by atoms with Gasteiger partial charge in [0.1, 0.15) is 17.9 Å². The fourth-order valence-corrected chi connectivity index (χ4v) is 4.12. The van der Waals surface area contributed by atoms with E-state index in [1.165, 1.54) is 17.5 Å². The van der Waals surface area contributed by atoms with E-state index < -0.39 is 0 Å². The quantitative estimate of drug-likeness (QED) is 0.727. The zero-order valence-corrected chi connectivity index (χ0v) is 14.2. The molecule has 3 aromatic rings. The van der Waals surface area contributed by atoms with E-state index in [9.17, 15) is 0 Å². The Balaban J connectivity index is 1.24. The first kappa shape index (κ1) is 14.4. The van der Waals surface area contributed by atoms with Gasteiger partial charge in [0.2, 0.25) is 0 Å². The minimum Gasteiger partial charge on any atom is -0.444 e. The van der Waals surface area contributed by atoms with E-state index in [2.05, 4.69) is 36.2 Å². The monoisotopic (exact) mass is 341 g/mol. The summed E-state index contributed by atoms with van der Waals surface area (Å²) in [6.45, 7) is 4.83. The van der Waals surface area contributed by atoms with Gasteiger partial charge in [0.05, 0.1) is 23.0 Å². The summed E-state index contributed by atoms with van der Waals surface area (Å²) < 4.78 is 7.07. The Morgan fingerprint density at radius 3 is 2.83 bits per heavy atom. The van der Waals surface area contributed by atoms with Gasteiger partial charge in [-0.05, 0) is 24.3 Å². The van der Waals surface area contributed by atoms with E-state index in [1.54, 1.807) is 17.7 Å². The van der Waals surface area contributed by atoms with E-state index in [4.69, 9.17) is 4.42 Å². The van der Waals surface area contributed by atoms with Crippen molar-refractivity contribution in [3.63, 3.8) is 0 Å². The number of aromatic nitrogens is 3. The van der Waals surface area contributed by atoms with Gasteiger partial charge in [-0.15, -0.1) is 11.3 Å². The molecule has 1 saturated carbocycles. The topological polar surface area (TPSA) is 58.3 Å². The molecule has 2 fully saturated rings. The third-order valence-corrected chi connectivity index (χ3v) is 5.67. The number of nitrogens with zero attached hydrogens (tertiary/aromatic N) is 5. The highest BCUT2D eigenvalue weighted by Gasteiger charge is 2.29. The molecule has 1 saturated heterocycles. The standard InChI is InChI=1S/C17H19N5OS/c1-2-12(1)17-18-9-13(23-17)10-21-4-6-22(7-5-21)16-15-14(3-8-24-15)19-11-20-16/h3,8-9,11-12H,1-2,4-7,10H2. The van der Waals surface area contributed by atoms with E-state index in [0.717, 1.165) is 55.7 Å². The second kappa shape index (κ2) is 5.82. The van der Waals surface area contributed by atoms with Crippen molar-refractivity contribution in [2.75, 3.05) is 31.1 Å². The van der Waals surface area contributed by atoms with Crippen LogP contribution in [-0.4, -0.2) is 46.0 Å². The fourth-order valence-electron chi connectivity index (χ4n) is 3.25. The molecule has 1 aliphatic carbocycles. The van der Waals surface area contributed by atoms with Crippen molar-refractivity contribution in [1.82, 2.24) is 19.9 Å². The molecule has 0 N–H and O–H groups in total. The van der Waals surface area contributed by atoms with Crippen molar-refractivity contribution in [1.29, 1.82) is 0 Å². The van der Waals surface area contributed by atoms with Gasteiger partial charge in [-0.2, -0.15) is 0 Å². The Bertz CT molecular complexity index is 847. The van der Waals surface area contributed by atoms with Gasteiger partial charge >= 0.3 is 0 Å². The van der Waals surface area contributed by atoms with E-state index in [-0.39, 0.29) is 0 Å². The molecule has 5 rings (SSSR count). The number of piperazine rings is 1. The van der Waals surface area contributed by atoms with Crippen molar-refractivity contribution in [2.24, 2.45) is 0 Å². The predicted octanol–water partition coefficient (Wildman–Crippen LogP) is 2.88. The zero-order valence-electron chi connectivity index (χ0n) is 13.4. The van der Waals surface area contributed by atoms with E-state index in [1.807, 2.05) is 6.20 Å². The molecule has 0 aromatic carbocycles. The van der Waals surface area contributed by atoms with Crippen molar-refractivity contribution < 1.29 is 4.42 Å². The molecule has 0 bridgehead atoms. The Kier molecular flexibility index (Phi) is 3.48. The molecule has 24 heavy (non-hydrogen) atoms. The number of oxazole rings is 1. The highest BCUT2D eigenvalue weighted by Crippen LogP contribution is 2.39. The number of thiophene rings is 1. The highest BCUT2D eigenvalue weighted by atomic mass is 32.1. The van der Waals surface area contributed by atoms with Gasteiger partial charge in [-0.1, -0.05) is 0 Å². The minimum absolute atomic E-state index is 0.585. The van der Waals surface area contributed by atoms with E-state index >= 15 is 0 Å². The van der Waals surface area contributed by atoms with Crippen LogP contribution in [0.15, 0.2) is 28.4 Å². The van der Waals surface area contributed by atoms with E-state index in [0.29, 0.717) is 5.92 Å². The lowest BCUT2D eigenvalue weighted by Crippen LogP contribution is -2.46. The van der Waals surface area contributed by atoms with Crippen LogP contribution in [0.25, 0.3) is 10.2 Å². The molecule has 124 valence electrons. The van der Waals surface area contributed by atoms with Crippen molar-refractivity contribution in [2.45, 2.75) is 25.3 Å². The first-order valence-corrected chi connectivity index (χ1v) is 9.35. The van der Waals surface area contributed by atoms with Crippen LogP contribution in [0.4, 0.5) is 5.82 Å². The maximum atomic E-state index is 5.88. The summed E-state index contributed by atoms with van der Waals surface area (Å²) >= 11 is 1.72. The Morgan fingerprint density at radius 2 is 2.00 bits per heavy atom. The summed E-state index contributed by atoms with van der Waals surface area (Å²) in [6.07, 6.45) is 6.04. The van der Waals surface area contributed by atoms with Crippen LogP contribution in [0.3, 0.4) is 0 Å². The van der Waals surface area contributed by atoms with Crippen LogP contribution in [0.2, 0.25) is 0 Å². The lowest BCUT2D eigenvalue weighted by Gasteiger charge is -2.34. The zero-order chi connectivity index (χ0) is 15.9. The molecule has 4 heterocycles. The van der Waals surface area contributed by atoms with Crippen LogP contribution >= 0.6 is 11.3 Å². The van der Waals surface area contributed by atoms with Crippen molar-refractivity contribution in [3.8, 4) is 0 Å². The molecular weight excluding hydrogens is 322 g/mol. The van der Waals surface area contributed by atoms with Gasteiger partial charge in [0.25, 0.3) is 0 Å².